The van der Waals surface area contributed by atoms with Gasteiger partial charge in [0.25, 0.3) is 0 Å². The normalized spacial score (nSPS) is 15.1. The molecule has 2 aromatic carbocycles. The fourth-order valence-corrected chi connectivity index (χ4v) is 4.27. The van der Waals surface area contributed by atoms with Crippen LogP contribution in [0, 0.1) is 25.5 Å². The van der Waals surface area contributed by atoms with E-state index in [0.29, 0.717) is 31.7 Å². The second-order valence-electron chi connectivity index (χ2n) is 8.32. The van der Waals surface area contributed by atoms with Crippen molar-refractivity contribution >= 4 is 5.91 Å². The Kier molecular flexibility index (Phi) is 6.65. The zero-order valence-electron chi connectivity index (χ0n) is 18.5. The van der Waals surface area contributed by atoms with Crippen molar-refractivity contribution in [3.8, 4) is 5.69 Å². The van der Waals surface area contributed by atoms with Gasteiger partial charge in [0.15, 0.2) is 0 Å². The van der Waals surface area contributed by atoms with Crippen molar-refractivity contribution in [1.29, 1.82) is 0 Å². The van der Waals surface area contributed by atoms with Crippen LogP contribution in [0.1, 0.15) is 28.9 Å². The van der Waals surface area contributed by atoms with Crippen molar-refractivity contribution in [3.63, 3.8) is 0 Å². The van der Waals surface area contributed by atoms with E-state index in [1.165, 1.54) is 18.2 Å². The van der Waals surface area contributed by atoms with Crippen molar-refractivity contribution in [1.82, 2.24) is 19.6 Å². The monoisotopic (exact) mass is 438 g/mol. The number of benzene rings is 2. The first-order valence-electron chi connectivity index (χ1n) is 11.0. The van der Waals surface area contributed by atoms with Gasteiger partial charge in [-0.1, -0.05) is 18.2 Å². The summed E-state index contributed by atoms with van der Waals surface area (Å²) >= 11 is 0. The highest BCUT2D eigenvalue weighted by Gasteiger charge is 2.23. The van der Waals surface area contributed by atoms with Crippen molar-refractivity contribution in [3.05, 3.63) is 82.7 Å². The van der Waals surface area contributed by atoms with Gasteiger partial charge in [-0.15, -0.1) is 0 Å². The largest absolute Gasteiger partial charge is 0.341 e. The average molecular weight is 439 g/mol. The molecule has 0 bridgehead atoms. The standard InChI is InChI=1S/C25H28F2N4O/c1-18-23(19(2)31(28-18)22-10-8-21(26)9-11-22)16-25(32)30-13-5-12-29(14-15-30)17-20-6-3-4-7-24(20)27/h3-4,6-11H,5,12-17H2,1-2H3. The number of carbonyl (C=O) groups is 1. The molecule has 1 saturated heterocycles. The first kappa shape index (κ1) is 22.1. The number of nitrogens with zero attached hydrogens (tertiary/aromatic N) is 4. The topological polar surface area (TPSA) is 41.4 Å². The molecule has 1 aromatic heterocycles. The van der Waals surface area contributed by atoms with Crippen LogP contribution in [0.5, 0.6) is 0 Å². The van der Waals surface area contributed by atoms with Gasteiger partial charge in [-0.25, -0.2) is 13.5 Å². The molecule has 0 radical (unpaired) electrons. The summed E-state index contributed by atoms with van der Waals surface area (Å²) in [7, 11) is 0. The van der Waals surface area contributed by atoms with E-state index in [-0.39, 0.29) is 24.0 Å². The molecule has 0 aliphatic carbocycles. The first-order chi connectivity index (χ1) is 15.4. The van der Waals surface area contributed by atoms with Gasteiger partial charge in [-0.3, -0.25) is 9.69 Å². The maximum absolute atomic E-state index is 14.0. The summed E-state index contributed by atoms with van der Waals surface area (Å²) in [6, 6.07) is 13.0. The summed E-state index contributed by atoms with van der Waals surface area (Å²) in [4.78, 5) is 17.2. The van der Waals surface area contributed by atoms with E-state index in [9.17, 15) is 13.6 Å². The Morgan fingerprint density at radius 1 is 0.969 bits per heavy atom. The number of hydrogen-bond acceptors (Lipinski definition) is 3. The molecule has 1 aliphatic heterocycles. The number of halogens is 2. The zero-order valence-corrected chi connectivity index (χ0v) is 18.5. The van der Waals surface area contributed by atoms with E-state index in [1.54, 1.807) is 22.9 Å². The molecule has 1 aliphatic rings. The van der Waals surface area contributed by atoms with Gasteiger partial charge in [-0.05, 0) is 50.6 Å². The predicted octanol–water partition coefficient (Wildman–Crippen LogP) is 4.04. The number of hydrogen-bond donors (Lipinski definition) is 0. The van der Waals surface area contributed by atoms with Crippen LogP contribution in [0.15, 0.2) is 48.5 Å². The van der Waals surface area contributed by atoms with Gasteiger partial charge in [0.1, 0.15) is 11.6 Å². The fourth-order valence-electron chi connectivity index (χ4n) is 4.27. The number of aromatic nitrogens is 2. The van der Waals surface area contributed by atoms with Crippen LogP contribution in [0.2, 0.25) is 0 Å². The third-order valence-corrected chi connectivity index (χ3v) is 6.13. The quantitative estimate of drug-likeness (QED) is 0.604. The van der Waals surface area contributed by atoms with E-state index < -0.39 is 0 Å². The molecule has 1 amide bonds. The van der Waals surface area contributed by atoms with Crippen molar-refractivity contribution < 1.29 is 13.6 Å². The summed E-state index contributed by atoms with van der Waals surface area (Å²) in [6.45, 7) is 7.25. The number of aryl methyl sites for hydroxylation is 1. The minimum absolute atomic E-state index is 0.0718. The summed E-state index contributed by atoms with van der Waals surface area (Å²) < 4.78 is 29.0. The van der Waals surface area contributed by atoms with E-state index >= 15 is 0 Å². The van der Waals surface area contributed by atoms with Crippen molar-refractivity contribution in [2.75, 3.05) is 26.2 Å². The van der Waals surface area contributed by atoms with Crippen LogP contribution < -0.4 is 0 Å². The molecule has 0 saturated carbocycles. The van der Waals surface area contributed by atoms with Gasteiger partial charge < -0.3 is 4.90 Å². The highest BCUT2D eigenvalue weighted by molar-refractivity contribution is 5.79. The molecule has 1 fully saturated rings. The highest BCUT2D eigenvalue weighted by atomic mass is 19.1. The van der Waals surface area contributed by atoms with Gasteiger partial charge >= 0.3 is 0 Å². The van der Waals surface area contributed by atoms with E-state index in [0.717, 1.165) is 35.6 Å². The molecule has 0 atom stereocenters. The molecule has 168 valence electrons. The minimum atomic E-state index is -0.295. The highest BCUT2D eigenvalue weighted by Crippen LogP contribution is 2.20. The van der Waals surface area contributed by atoms with E-state index in [1.807, 2.05) is 30.9 Å². The van der Waals surface area contributed by atoms with Crippen molar-refractivity contribution in [2.24, 2.45) is 0 Å². The maximum atomic E-state index is 14.0. The van der Waals surface area contributed by atoms with Crippen LogP contribution in [0.4, 0.5) is 8.78 Å². The molecular formula is C25H28F2N4O. The molecule has 0 unspecified atom stereocenters. The van der Waals surface area contributed by atoms with Crippen LogP contribution in [0.3, 0.4) is 0 Å². The Labute approximate surface area is 187 Å². The van der Waals surface area contributed by atoms with Crippen LogP contribution in [-0.4, -0.2) is 51.7 Å². The first-order valence-corrected chi connectivity index (χ1v) is 11.0. The Bertz CT molecular complexity index is 1090. The smallest absolute Gasteiger partial charge is 0.227 e. The lowest BCUT2D eigenvalue weighted by Gasteiger charge is -2.22. The lowest BCUT2D eigenvalue weighted by molar-refractivity contribution is -0.130. The molecule has 7 heteroatoms. The summed E-state index contributed by atoms with van der Waals surface area (Å²) in [5, 5.41) is 4.57. The fraction of sp³-hybridized carbons (Fsp3) is 0.360. The van der Waals surface area contributed by atoms with Crippen LogP contribution in [0.25, 0.3) is 5.69 Å². The second-order valence-corrected chi connectivity index (χ2v) is 8.32. The zero-order chi connectivity index (χ0) is 22.7. The second kappa shape index (κ2) is 9.61. The minimum Gasteiger partial charge on any atom is -0.341 e. The lowest BCUT2D eigenvalue weighted by atomic mass is 10.1. The third kappa shape index (κ3) is 4.88. The Hall–Kier alpha value is -3.06. The summed E-state index contributed by atoms with van der Waals surface area (Å²) in [6.07, 6.45) is 1.14. The van der Waals surface area contributed by atoms with E-state index in [2.05, 4.69) is 10.00 Å². The molecule has 2 heterocycles. The number of rotatable bonds is 5. The Morgan fingerprint density at radius 2 is 1.72 bits per heavy atom. The van der Waals surface area contributed by atoms with E-state index in [4.69, 9.17) is 0 Å². The number of carbonyl (C=O) groups excluding carboxylic acids is 1. The third-order valence-electron chi connectivity index (χ3n) is 6.13. The van der Waals surface area contributed by atoms with Gasteiger partial charge in [-0.2, -0.15) is 5.10 Å². The van der Waals surface area contributed by atoms with Crippen LogP contribution >= 0.6 is 0 Å². The molecule has 4 rings (SSSR count). The predicted molar refractivity (Wildman–Crippen MR) is 120 cm³/mol. The molecule has 5 nitrogen and oxygen atoms in total. The van der Waals surface area contributed by atoms with Gasteiger partial charge in [0, 0.05) is 49.5 Å². The summed E-state index contributed by atoms with van der Waals surface area (Å²) in [5.74, 6) is -0.410. The molecular weight excluding hydrogens is 410 g/mol. The van der Waals surface area contributed by atoms with Crippen molar-refractivity contribution in [2.45, 2.75) is 33.2 Å². The number of amides is 1. The SMILES string of the molecule is Cc1nn(-c2ccc(F)cc2)c(C)c1CC(=O)N1CCCN(Cc2ccccc2F)CC1. The van der Waals surface area contributed by atoms with Crippen LogP contribution in [-0.2, 0) is 17.8 Å². The Balaban J connectivity index is 1.41. The molecule has 0 N–H and O–H groups in total. The Morgan fingerprint density at radius 3 is 2.47 bits per heavy atom. The molecule has 32 heavy (non-hydrogen) atoms. The van der Waals surface area contributed by atoms with Gasteiger partial charge in [0.05, 0.1) is 17.8 Å². The average Bonchev–Trinajstić information content (AvgIpc) is 2.94. The molecule has 3 aromatic rings. The molecule has 0 spiro atoms. The summed E-state index contributed by atoms with van der Waals surface area (Å²) in [5.41, 5.74) is 4.05. The van der Waals surface area contributed by atoms with Gasteiger partial charge in [0.2, 0.25) is 5.91 Å². The lowest BCUT2D eigenvalue weighted by Crippen LogP contribution is -2.36. The maximum Gasteiger partial charge on any atom is 0.227 e.